The van der Waals surface area contributed by atoms with Crippen LogP contribution in [0.2, 0.25) is 5.02 Å². The lowest BCUT2D eigenvalue weighted by molar-refractivity contribution is -0.129. The second-order valence-electron chi connectivity index (χ2n) is 6.86. The van der Waals surface area contributed by atoms with Crippen LogP contribution in [0.25, 0.3) is 17.0 Å². The van der Waals surface area contributed by atoms with E-state index in [4.69, 9.17) is 25.5 Å². The van der Waals surface area contributed by atoms with E-state index < -0.39 is 17.5 Å². The fourth-order valence-corrected chi connectivity index (χ4v) is 2.98. The summed E-state index contributed by atoms with van der Waals surface area (Å²) >= 11 is 5.84. The van der Waals surface area contributed by atoms with Crippen LogP contribution < -0.4 is 15.7 Å². The second-order valence-corrected chi connectivity index (χ2v) is 7.30. The smallest absolute Gasteiger partial charge is 0.354 e. The van der Waals surface area contributed by atoms with Crippen molar-refractivity contribution < 1.29 is 23.5 Å². The number of amides is 1. The maximum atomic E-state index is 12.4. The average molecular weight is 467 g/mol. The number of carbonyl (C=O) groups excluding carboxylic acids is 2. The van der Waals surface area contributed by atoms with E-state index in [9.17, 15) is 19.6 Å². The minimum Gasteiger partial charge on any atom is -0.422 e. The normalized spacial score (nSPS) is 11.1. The number of methoxy groups -OCH3 is 1. The molecule has 0 spiro atoms. The summed E-state index contributed by atoms with van der Waals surface area (Å²) in [5.41, 5.74) is -0.455. The third kappa shape index (κ3) is 6.29. The van der Waals surface area contributed by atoms with E-state index in [1.807, 2.05) is 0 Å². The summed E-state index contributed by atoms with van der Waals surface area (Å²) in [5.74, 6) is -1.35. The summed E-state index contributed by atoms with van der Waals surface area (Å²) in [4.78, 5) is 36.9. The van der Waals surface area contributed by atoms with Gasteiger partial charge < -0.3 is 19.2 Å². The molecule has 168 valence electrons. The molecule has 0 aliphatic rings. The summed E-state index contributed by atoms with van der Waals surface area (Å²) < 4.78 is 15.4. The van der Waals surface area contributed by atoms with Gasteiger partial charge in [-0.3, -0.25) is 4.79 Å². The number of ether oxygens (including phenoxy) is 2. The van der Waals surface area contributed by atoms with E-state index in [0.717, 1.165) is 0 Å². The highest BCUT2D eigenvalue weighted by Crippen LogP contribution is 2.22. The lowest BCUT2D eigenvalue weighted by Gasteiger charge is -2.07. The SMILES string of the molecule is COCCCNC(=O)c1cc2ccc(OC(=O)C(C#N)=Cc3ccc(Cl)cc3)cc2oc1=O. The minimum absolute atomic E-state index is 0.0738. The van der Waals surface area contributed by atoms with Crippen molar-refractivity contribution in [3.63, 3.8) is 0 Å². The number of benzene rings is 2. The van der Waals surface area contributed by atoms with E-state index in [-0.39, 0.29) is 22.5 Å². The number of nitrogens with one attached hydrogen (secondary N) is 1. The number of halogens is 1. The summed E-state index contributed by atoms with van der Waals surface area (Å²) in [6.45, 7) is 0.834. The molecular formula is C24H19ClN2O6. The van der Waals surface area contributed by atoms with Crippen LogP contribution in [0.1, 0.15) is 22.3 Å². The molecule has 1 amide bonds. The molecule has 1 aromatic heterocycles. The number of rotatable bonds is 8. The van der Waals surface area contributed by atoms with Crippen molar-refractivity contribution in [2.75, 3.05) is 20.3 Å². The molecule has 0 unspecified atom stereocenters. The van der Waals surface area contributed by atoms with E-state index in [1.165, 1.54) is 30.3 Å². The fraction of sp³-hybridized carbons (Fsp3) is 0.167. The van der Waals surface area contributed by atoms with Gasteiger partial charge in [-0.1, -0.05) is 23.7 Å². The molecular weight excluding hydrogens is 448 g/mol. The van der Waals surface area contributed by atoms with Gasteiger partial charge in [0.15, 0.2) is 0 Å². The van der Waals surface area contributed by atoms with Crippen molar-refractivity contribution in [2.24, 2.45) is 0 Å². The first-order valence-corrected chi connectivity index (χ1v) is 10.2. The molecule has 3 rings (SSSR count). The van der Waals surface area contributed by atoms with Crippen molar-refractivity contribution in [1.82, 2.24) is 5.32 Å². The molecule has 0 atom stereocenters. The lowest BCUT2D eigenvalue weighted by Crippen LogP contribution is -2.29. The molecule has 0 saturated heterocycles. The van der Waals surface area contributed by atoms with Gasteiger partial charge in [0.05, 0.1) is 0 Å². The van der Waals surface area contributed by atoms with Crippen LogP contribution in [0.5, 0.6) is 5.75 Å². The molecule has 1 N–H and O–H groups in total. The van der Waals surface area contributed by atoms with Crippen molar-refractivity contribution in [3.05, 3.63) is 80.7 Å². The van der Waals surface area contributed by atoms with Crippen molar-refractivity contribution in [2.45, 2.75) is 6.42 Å². The molecule has 2 aromatic carbocycles. The molecule has 0 radical (unpaired) electrons. The van der Waals surface area contributed by atoms with Gasteiger partial charge in [-0.25, -0.2) is 9.59 Å². The Bertz CT molecular complexity index is 1310. The van der Waals surface area contributed by atoms with Gasteiger partial charge in [-0.15, -0.1) is 0 Å². The molecule has 0 bridgehead atoms. The van der Waals surface area contributed by atoms with E-state index in [2.05, 4.69) is 5.32 Å². The van der Waals surface area contributed by atoms with Gasteiger partial charge in [-0.05, 0) is 48.4 Å². The Labute approximate surface area is 194 Å². The second kappa shape index (κ2) is 11.1. The van der Waals surface area contributed by atoms with Crippen LogP contribution in [0, 0.1) is 11.3 Å². The van der Waals surface area contributed by atoms with Crippen LogP contribution >= 0.6 is 11.6 Å². The molecule has 0 aliphatic heterocycles. The molecule has 3 aromatic rings. The zero-order valence-corrected chi connectivity index (χ0v) is 18.3. The number of carbonyl (C=O) groups is 2. The number of esters is 1. The van der Waals surface area contributed by atoms with Crippen molar-refractivity contribution in [1.29, 1.82) is 5.26 Å². The summed E-state index contributed by atoms with van der Waals surface area (Å²) in [5, 5.41) is 12.9. The Morgan fingerprint density at radius 3 is 2.64 bits per heavy atom. The fourth-order valence-electron chi connectivity index (χ4n) is 2.85. The summed E-state index contributed by atoms with van der Waals surface area (Å²) in [6, 6.07) is 14.1. The Kier molecular flexibility index (Phi) is 7.97. The Morgan fingerprint density at radius 2 is 1.94 bits per heavy atom. The van der Waals surface area contributed by atoms with Gasteiger partial charge in [0.2, 0.25) is 0 Å². The van der Waals surface area contributed by atoms with Crippen LogP contribution in [0.3, 0.4) is 0 Å². The summed E-state index contributed by atoms with van der Waals surface area (Å²) in [6.07, 6.45) is 1.98. The number of hydrogen-bond acceptors (Lipinski definition) is 7. The number of nitrogens with zero attached hydrogens (tertiary/aromatic N) is 1. The first-order valence-electron chi connectivity index (χ1n) is 9.86. The molecule has 1 heterocycles. The first kappa shape index (κ1) is 23.7. The van der Waals surface area contributed by atoms with Crippen molar-refractivity contribution in [3.8, 4) is 11.8 Å². The standard InChI is InChI=1S/C24H19ClN2O6/c1-31-10-2-9-27-22(28)20-12-16-5-8-19(13-21(16)33-24(20)30)32-23(29)17(14-26)11-15-3-6-18(25)7-4-15/h3-8,11-13H,2,9-10H2,1H3,(H,27,28). The Balaban J connectivity index is 1.77. The highest BCUT2D eigenvalue weighted by atomic mass is 35.5. The third-order valence-electron chi connectivity index (χ3n) is 4.49. The Hall–Kier alpha value is -3.93. The van der Waals surface area contributed by atoms with E-state index in [0.29, 0.717) is 35.5 Å². The van der Waals surface area contributed by atoms with Gasteiger partial charge in [-0.2, -0.15) is 5.26 Å². The molecule has 33 heavy (non-hydrogen) atoms. The molecule has 0 saturated carbocycles. The number of hydrogen-bond donors (Lipinski definition) is 1. The van der Waals surface area contributed by atoms with E-state index >= 15 is 0 Å². The van der Waals surface area contributed by atoms with Crippen LogP contribution in [0.4, 0.5) is 0 Å². The van der Waals surface area contributed by atoms with Crippen molar-refractivity contribution >= 4 is 40.5 Å². The quantitative estimate of drug-likeness (QED) is 0.134. The number of nitriles is 1. The molecule has 8 nitrogen and oxygen atoms in total. The van der Waals surface area contributed by atoms with Gasteiger partial charge >= 0.3 is 11.6 Å². The monoisotopic (exact) mass is 466 g/mol. The van der Waals surface area contributed by atoms with Gasteiger partial charge in [0.25, 0.3) is 5.91 Å². The van der Waals surface area contributed by atoms with Gasteiger partial charge in [0.1, 0.15) is 28.5 Å². The lowest BCUT2D eigenvalue weighted by atomic mass is 10.1. The number of fused-ring (bicyclic) bond motifs is 1. The topological polar surface area (TPSA) is 119 Å². The zero-order chi connectivity index (χ0) is 23.8. The third-order valence-corrected chi connectivity index (χ3v) is 4.75. The van der Waals surface area contributed by atoms with Gasteiger partial charge in [0, 0.05) is 36.7 Å². The Morgan fingerprint density at radius 1 is 1.18 bits per heavy atom. The van der Waals surface area contributed by atoms with Crippen LogP contribution in [-0.4, -0.2) is 32.1 Å². The highest BCUT2D eigenvalue weighted by Gasteiger charge is 2.16. The maximum absolute atomic E-state index is 12.4. The first-order chi connectivity index (χ1) is 15.9. The van der Waals surface area contributed by atoms with Crippen LogP contribution in [0.15, 0.2) is 63.3 Å². The maximum Gasteiger partial charge on any atom is 0.354 e. The summed E-state index contributed by atoms with van der Waals surface area (Å²) in [7, 11) is 1.56. The molecule has 0 aliphatic carbocycles. The predicted molar refractivity (Wildman–Crippen MR) is 122 cm³/mol. The minimum atomic E-state index is -0.874. The molecule has 0 fully saturated rings. The largest absolute Gasteiger partial charge is 0.422 e. The molecule has 9 heteroatoms. The highest BCUT2D eigenvalue weighted by molar-refractivity contribution is 6.30. The van der Waals surface area contributed by atoms with E-state index in [1.54, 1.807) is 37.4 Å². The average Bonchev–Trinajstić information content (AvgIpc) is 2.80. The predicted octanol–water partition coefficient (Wildman–Crippen LogP) is 3.73. The zero-order valence-electron chi connectivity index (χ0n) is 17.6. The van der Waals surface area contributed by atoms with Crippen LogP contribution in [-0.2, 0) is 9.53 Å².